The van der Waals surface area contributed by atoms with Crippen molar-refractivity contribution >= 4 is 23.8 Å². The zero-order valence-corrected chi connectivity index (χ0v) is 19.2. The smallest absolute Gasteiger partial charge is 0.308 e. The molecule has 8 heteroatoms. The first-order valence-electron chi connectivity index (χ1n) is 10.1. The minimum absolute atomic E-state index is 0.0195. The molecule has 0 aromatic heterocycles. The molecule has 0 atom stereocenters. The second kappa shape index (κ2) is 10.6. The van der Waals surface area contributed by atoms with Gasteiger partial charge in [0, 0.05) is 52.2 Å². The summed E-state index contributed by atoms with van der Waals surface area (Å²) in [6.45, 7) is 6.99. The first-order valence-corrected chi connectivity index (χ1v) is 10.1. The average Bonchev–Trinajstić information content (AvgIpc) is 2.73. The average molecular weight is 440 g/mol. The van der Waals surface area contributed by atoms with Gasteiger partial charge in [0.05, 0.1) is 0 Å². The number of likely N-dealkylation sites (N-methyl/N-ethyl adjacent to an activating group) is 2. The number of carbonyl (C=O) groups is 4. The van der Waals surface area contributed by atoms with Gasteiger partial charge >= 0.3 is 11.9 Å². The van der Waals surface area contributed by atoms with E-state index in [4.69, 9.17) is 9.47 Å². The molecule has 2 amide bonds. The summed E-state index contributed by atoms with van der Waals surface area (Å²) in [6, 6.07) is 9.78. The van der Waals surface area contributed by atoms with Crippen LogP contribution in [0.3, 0.4) is 0 Å². The molecule has 2 rings (SSSR count). The molecule has 0 saturated carbocycles. The third-order valence-electron chi connectivity index (χ3n) is 4.92. The third-order valence-corrected chi connectivity index (χ3v) is 4.92. The summed E-state index contributed by atoms with van der Waals surface area (Å²) < 4.78 is 10.1. The van der Waals surface area contributed by atoms with Crippen molar-refractivity contribution in [2.24, 2.45) is 0 Å². The van der Waals surface area contributed by atoms with Crippen LogP contribution in [0.15, 0.2) is 36.4 Å². The van der Waals surface area contributed by atoms with Crippen LogP contribution >= 0.6 is 0 Å². The first-order chi connectivity index (χ1) is 15.0. The Morgan fingerprint density at radius 2 is 1.16 bits per heavy atom. The Balaban J connectivity index is 2.07. The van der Waals surface area contributed by atoms with Crippen LogP contribution in [-0.4, -0.2) is 60.7 Å². The molecule has 0 saturated heterocycles. The van der Waals surface area contributed by atoms with Gasteiger partial charge in [0.15, 0.2) is 11.5 Å². The highest BCUT2D eigenvalue weighted by molar-refractivity contribution is 5.96. The Hall–Kier alpha value is -3.68. The van der Waals surface area contributed by atoms with Crippen molar-refractivity contribution in [3.05, 3.63) is 58.7 Å². The summed E-state index contributed by atoms with van der Waals surface area (Å²) in [5, 5.41) is 0. The van der Waals surface area contributed by atoms with Crippen LogP contribution in [0.2, 0.25) is 0 Å². The summed E-state index contributed by atoms with van der Waals surface area (Å²) in [4.78, 5) is 51.1. The molecule has 2 aromatic carbocycles. The molecule has 32 heavy (non-hydrogen) atoms. The summed E-state index contributed by atoms with van der Waals surface area (Å²) in [5.41, 5.74) is 3.00. The van der Waals surface area contributed by atoms with E-state index in [1.54, 1.807) is 25.1 Å². The van der Waals surface area contributed by atoms with Crippen LogP contribution in [0, 0.1) is 13.8 Å². The van der Waals surface area contributed by atoms with Gasteiger partial charge in [-0.3, -0.25) is 19.2 Å². The minimum Gasteiger partial charge on any atom is -0.423 e. The predicted octanol–water partition coefficient (Wildman–Crippen LogP) is 3.00. The van der Waals surface area contributed by atoms with Gasteiger partial charge in [-0.25, -0.2) is 0 Å². The Kier molecular flexibility index (Phi) is 8.12. The molecule has 0 fully saturated rings. The summed E-state index contributed by atoms with van der Waals surface area (Å²) in [7, 11) is 3.30. The quantitative estimate of drug-likeness (QED) is 0.485. The standard InChI is InChI=1S/C24H28N2O6/c1-15-7-8-19(13-16(15)2)23(29)25(5)11-12-26(6)24(30)20-9-10-21(31-17(3)27)22(14-20)32-18(4)28/h7-10,13-14H,11-12H2,1-6H3. The van der Waals surface area contributed by atoms with Crippen LogP contribution in [0.5, 0.6) is 11.5 Å². The minimum atomic E-state index is -0.608. The van der Waals surface area contributed by atoms with E-state index in [1.165, 1.54) is 36.9 Å². The SMILES string of the molecule is CC(=O)Oc1ccc(C(=O)N(C)CCN(C)C(=O)c2ccc(C)c(C)c2)cc1OC(C)=O. The molecular weight excluding hydrogens is 412 g/mol. The molecule has 8 nitrogen and oxygen atoms in total. The van der Waals surface area contributed by atoms with Gasteiger partial charge in [-0.05, 0) is 55.3 Å². The number of ether oxygens (including phenoxy) is 2. The van der Waals surface area contributed by atoms with Crippen LogP contribution in [0.25, 0.3) is 0 Å². The molecule has 0 aliphatic rings. The van der Waals surface area contributed by atoms with Crippen LogP contribution < -0.4 is 9.47 Å². The Morgan fingerprint density at radius 3 is 1.66 bits per heavy atom. The molecule has 0 radical (unpaired) electrons. The van der Waals surface area contributed by atoms with Gasteiger partial charge in [-0.2, -0.15) is 0 Å². The Morgan fingerprint density at radius 1 is 0.688 bits per heavy atom. The van der Waals surface area contributed by atoms with Gasteiger partial charge in [-0.1, -0.05) is 6.07 Å². The highest BCUT2D eigenvalue weighted by Crippen LogP contribution is 2.29. The zero-order valence-electron chi connectivity index (χ0n) is 19.2. The molecule has 0 unspecified atom stereocenters. The summed E-state index contributed by atoms with van der Waals surface area (Å²) in [6.07, 6.45) is 0. The fourth-order valence-corrected chi connectivity index (χ4v) is 2.93. The zero-order chi connectivity index (χ0) is 24.0. The number of nitrogens with zero attached hydrogens (tertiary/aromatic N) is 2. The van der Waals surface area contributed by atoms with Crippen molar-refractivity contribution < 1.29 is 28.7 Å². The second-order valence-electron chi connectivity index (χ2n) is 7.60. The molecule has 0 aliphatic carbocycles. The second-order valence-corrected chi connectivity index (χ2v) is 7.60. The maximum atomic E-state index is 12.8. The van der Waals surface area contributed by atoms with Gasteiger partial charge < -0.3 is 19.3 Å². The van der Waals surface area contributed by atoms with Crippen LogP contribution in [-0.2, 0) is 9.59 Å². The molecule has 0 heterocycles. The predicted molar refractivity (Wildman–Crippen MR) is 119 cm³/mol. The molecular formula is C24H28N2O6. The first kappa shape index (κ1) is 24.6. The van der Waals surface area contributed by atoms with Crippen molar-refractivity contribution in [2.75, 3.05) is 27.2 Å². The molecule has 2 aromatic rings. The largest absolute Gasteiger partial charge is 0.423 e. The summed E-state index contributed by atoms with van der Waals surface area (Å²) >= 11 is 0. The van der Waals surface area contributed by atoms with Crippen LogP contribution in [0.1, 0.15) is 45.7 Å². The van der Waals surface area contributed by atoms with Crippen molar-refractivity contribution in [2.45, 2.75) is 27.7 Å². The van der Waals surface area contributed by atoms with E-state index in [2.05, 4.69) is 0 Å². The summed E-state index contributed by atoms with van der Waals surface area (Å²) in [5.74, 6) is -1.62. The van der Waals surface area contributed by atoms with Crippen molar-refractivity contribution in [1.82, 2.24) is 9.80 Å². The number of benzene rings is 2. The highest BCUT2D eigenvalue weighted by Gasteiger charge is 2.19. The fourth-order valence-electron chi connectivity index (χ4n) is 2.93. The number of amides is 2. The lowest BCUT2D eigenvalue weighted by Gasteiger charge is -2.23. The molecule has 170 valence electrons. The number of esters is 2. The number of rotatable bonds is 7. The van der Waals surface area contributed by atoms with E-state index in [-0.39, 0.29) is 28.9 Å². The third kappa shape index (κ3) is 6.41. The monoisotopic (exact) mass is 440 g/mol. The normalized spacial score (nSPS) is 10.3. The lowest BCUT2D eigenvalue weighted by molar-refractivity contribution is -0.134. The lowest BCUT2D eigenvalue weighted by Crippen LogP contribution is -2.37. The topological polar surface area (TPSA) is 93.2 Å². The number of carbonyl (C=O) groups excluding carboxylic acids is 4. The van der Waals surface area contributed by atoms with E-state index in [0.29, 0.717) is 18.7 Å². The van der Waals surface area contributed by atoms with E-state index in [1.807, 2.05) is 26.0 Å². The number of hydrogen-bond acceptors (Lipinski definition) is 6. The Bertz CT molecular complexity index is 1050. The van der Waals surface area contributed by atoms with E-state index in [0.717, 1.165) is 11.1 Å². The molecule has 0 bridgehead atoms. The molecule has 0 N–H and O–H groups in total. The molecule has 0 spiro atoms. The van der Waals surface area contributed by atoms with E-state index < -0.39 is 11.9 Å². The van der Waals surface area contributed by atoms with Crippen molar-refractivity contribution in [3.63, 3.8) is 0 Å². The molecule has 0 aliphatic heterocycles. The fraction of sp³-hybridized carbons (Fsp3) is 0.333. The maximum absolute atomic E-state index is 12.8. The van der Waals surface area contributed by atoms with Crippen molar-refractivity contribution in [3.8, 4) is 11.5 Å². The number of hydrogen-bond donors (Lipinski definition) is 0. The maximum Gasteiger partial charge on any atom is 0.308 e. The van der Waals surface area contributed by atoms with Gasteiger partial charge in [0.2, 0.25) is 0 Å². The number of aryl methyl sites for hydroxylation is 2. The Labute approximate surface area is 187 Å². The van der Waals surface area contributed by atoms with Crippen molar-refractivity contribution in [1.29, 1.82) is 0 Å². The van der Waals surface area contributed by atoms with E-state index >= 15 is 0 Å². The lowest BCUT2D eigenvalue weighted by atomic mass is 10.1. The highest BCUT2D eigenvalue weighted by atomic mass is 16.6. The van der Waals surface area contributed by atoms with E-state index in [9.17, 15) is 19.2 Å². The van der Waals surface area contributed by atoms with Crippen LogP contribution in [0.4, 0.5) is 0 Å². The van der Waals surface area contributed by atoms with Gasteiger partial charge in [0.1, 0.15) is 0 Å². The van der Waals surface area contributed by atoms with Gasteiger partial charge in [0.25, 0.3) is 11.8 Å². The van der Waals surface area contributed by atoms with Gasteiger partial charge in [-0.15, -0.1) is 0 Å².